The van der Waals surface area contributed by atoms with Gasteiger partial charge >= 0.3 is 5.97 Å². The van der Waals surface area contributed by atoms with Gasteiger partial charge in [0.15, 0.2) is 17.1 Å². The van der Waals surface area contributed by atoms with Gasteiger partial charge in [0.2, 0.25) is 5.91 Å². The highest BCUT2D eigenvalue weighted by molar-refractivity contribution is 7.99. The van der Waals surface area contributed by atoms with E-state index in [4.69, 9.17) is 9.47 Å². The number of thioether (sulfide) groups is 1. The topological polar surface area (TPSA) is 95.3 Å². The van der Waals surface area contributed by atoms with E-state index in [0.717, 1.165) is 41.0 Å². The molecule has 8 nitrogen and oxygen atoms in total. The molecule has 2 atom stereocenters. The lowest BCUT2D eigenvalue weighted by atomic mass is 9.88. The first-order valence-corrected chi connectivity index (χ1v) is 14.4. The van der Waals surface area contributed by atoms with Gasteiger partial charge in [0.25, 0.3) is 0 Å². The summed E-state index contributed by atoms with van der Waals surface area (Å²) in [6, 6.07) is 6.05. The number of amides is 1. The van der Waals surface area contributed by atoms with Crippen LogP contribution in [0.3, 0.4) is 0 Å². The minimum atomic E-state index is -0.409. The SMILES string of the molecule is C=CCn1c(SCC(=O)Nc2sc3c(c2C(=O)OC)CCC(C)C3)nnc1C(C)Oc1ccc(C)cc1C. The second-order valence-corrected chi connectivity index (χ2v) is 11.7. The van der Waals surface area contributed by atoms with E-state index in [1.807, 2.05) is 37.5 Å². The molecule has 202 valence electrons. The third kappa shape index (κ3) is 6.13. The van der Waals surface area contributed by atoms with E-state index >= 15 is 0 Å². The number of allylic oxidation sites excluding steroid dienone is 1. The number of benzene rings is 1. The van der Waals surface area contributed by atoms with Crippen LogP contribution in [0.2, 0.25) is 0 Å². The Morgan fingerprint density at radius 3 is 2.84 bits per heavy atom. The molecule has 0 fully saturated rings. The van der Waals surface area contributed by atoms with Gasteiger partial charge in [0.1, 0.15) is 10.8 Å². The zero-order valence-electron chi connectivity index (χ0n) is 22.5. The lowest BCUT2D eigenvalue weighted by Gasteiger charge is -2.18. The summed E-state index contributed by atoms with van der Waals surface area (Å²) in [5.74, 6) is 1.48. The Hall–Kier alpha value is -3.11. The predicted octanol–water partition coefficient (Wildman–Crippen LogP) is 5.92. The van der Waals surface area contributed by atoms with Crippen molar-refractivity contribution in [1.82, 2.24) is 14.8 Å². The molecular weight excluding hydrogens is 520 g/mol. The second kappa shape index (κ2) is 12.2. The summed E-state index contributed by atoms with van der Waals surface area (Å²) in [6.45, 7) is 12.5. The number of rotatable bonds is 10. The van der Waals surface area contributed by atoms with Crippen molar-refractivity contribution in [3.63, 3.8) is 0 Å². The number of hydrogen-bond donors (Lipinski definition) is 1. The molecule has 0 spiro atoms. The lowest BCUT2D eigenvalue weighted by Crippen LogP contribution is -2.17. The quantitative estimate of drug-likeness (QED) is 0.189. The van der Waals surface area contributed by atoms with Crippen molar-refractivity contribution >= 4 is 40.0 Å². The number of carbonyl (C=O) groups is 2. The molecular formula is C28H34N4O4S2. The van der Waals surface area contributed by atoms with E-state index in [9.17, 15) is 9.59 Å². The Balaban J connectivity index is 1.47. The van der Waals surface area contributed by atoms with Gasteiger partial charge < -0.3 is 14.8 Å². The van der Waals surface area contributed by atoms with Crippen LogP contribution in [0.15, 0.2) is 36.0 Å². The first-order valence-electron chi connectivity index (χ1n) is 12.6. The van der Waals surface area contributed by atoms with Crippen molar-refractivity contribution in [2.45, 2.75) is 64.8 Å². The number of carbonyl (C=O) groups excluding carboxylic acids is 2. The number of ether oxygens (including phenoxy) is 2. The molecule has 1 N–H and O–H groups in total. The Morgan fingerprint density at radius 2 is 2.13 bits per heavy atom. The van der Waals surface area contributed by atoms with Crippen LogP contribution in [-0.4, -0.2) is 39.5 Å². The van der Waals surface area contributed by atoms with Crippen molar-refractivity contribution in [1.29, 1.82) is 0 Å². The fraction of sp³-hybridized carbons (Fsp3) is 0.429. The number of nitrogens with one attached hydrogen (secondary N) is 1. The molecule has 3 aromatic rings. The van der Waals surface area contributed by atoms with Gasteiger partial charge in [-0.05, 0) is 63.1 Å². The maximum absolute atomic E-state index is 13.0. The van der Waals surface area contributed by atoms with Crippen molar-refractivity contribution in [3.05, 3.63) is 63.8 Å². The zero-order valence-corrected chi connectivity index (χ0v) is 24.1. The van der Waals surface area contributed by atoms with Crippen LogP contribution in [0.1, 0.15) is 64.1 Å². The number of thiophene rings is 1. The van der Waals surface area contributed by atoms with Gasteiger partial charge in [-0.3, -0.25) is 9.36 Å². The number of hydrogen-bond acceptors (Lipinski definition) is 8. The highest BCUT2D eigenvalue weighted by atomic mass is 32.2. The summed E-state index contributed by atoms with van der Waals surface area (Å²) in [4.78, 5) is 26.7. The molecule has 0 saturated heterocycles. The first kappa shape index (κ1) is 27.9. The van der Waals surface area contributed by atoms with Crippen molar-refractivity contribution in [2.24, 2.45) is 5.92 Å². The molecule has 1 aromatic carbocycles. The number of aryl methyl sites for hydroxylation is 2. The molecule has 0 radical (unpaired) electrons. The average molecular weight is 555 g/mol. The normalized spacial score (nSPS) is 15.4. The summed E-state index contributed by atoms with van der Waals surface area (Å²) in [5.41, 5.74) is 3.72. The van der Waals surface area contributed by atoms with Gasteiger partial charge in [-0.25, -0.2) is 4.79 Å². The lowest BCUT2D eigenvalue weighted by molar-refractivity contribution is -0.113. The van der Waals surface area contributed by atoms with Crippen LogP contribution in [-0.2, 0) is 28.9 Å². The molecule has 0 aliphatic heterocycles. The first-order chi connectivity index (χ1) is 18.2. The standard InChI is InChI=1S/C28H34N4O4S2/c1-7-12-32-25(19(5)36-21-11-9-16(2)13-18(21)4)30-31-28(32)37-15-23(33)29-26-24(27(34)35-6)20-10-8-17(3)14-22(20)38-26/h7,9,11,13,17,19H,1,8,10,12,14-15H2,2-6H3,(H,29,33). The highest BCUT2D eigenvalue weighted by Crippen LogP contribution is 2.40. The van der Waals surface area contributed by atoms with Crippen LogP contribution in [0, 0.1) is 19.8 Å². The summed E-state index contributed by atoms with van der Waals surface area (Å²) < 4.78 is 13.1. The number of aromatic nitrogens is 3. The van der Waals surface area contributed by atoms with Crippen LogP contribution in [0.25, 0.3) is 0 Å². The highest BCUT2D eigenvalue weighted by Gasteiger charge is 2.29. The molecule has 1 aliphatic carbocycles. The maximum Gasteiger partial charge on any atom is 0.341 e. The van der Waals surface area contributed by atoms with Crippen LogP contribution >= 0.6 is 23.1 Å². The Labute approximate surface area is 231 Å². The number of anilines is 1. The molecule has 0 saturated carbocycles. The van der Waals surface area contributed by atoms with Gasteiger partial charge in [0.05, 0.1) is 18.4 Å². The van der Waals surface area contributed by atoms with E-state index in [-0.39, 0.29) is 17.8 Å². The summed E-state index contributed by atoms with van der Waals surface area (Å²) in [5, 5.41) is 12.8. The fourth-order valence-corrected chi connectivity index (χ4v) is 6.80. The van der Waals surface area contributed by atoms with Gasteiger partial charge in [0, 0.05) is 11.4 Å². The maximum atomic E-state index is 13.0. The smallest absolute Gasteiger partial charge is 0.341 e. The van der Waals surface area contributed by atoms with E-state index in [1.54, 1.807) is 6.08 Å². The fourth-order valence-electron chi connectivity index (χ4n) is 4.63. The van der Waals surface area contributed by atoms with E-state index in [2.05, 4.69) is 35.1 Å². The third-order valence-electron chi connectivity index (χ3n) is 6.54. The number of nitrogens with zero attached hydrogens (tertiary/aromatic N) is 3. The van der Waals surface area contributed by atoms with Crippen LogP contribution in [0.4, 0.5) is 5.00 Å². The molecule has 2 unspecified atom stereocenters. The number of methoxy groups -OCH3 is 1. The van der Waals surface area contributed by atoms with Gasteiger partial charge in [-0.1, -0.05) is 42.5 Å². The van der Waals surface area contributed by atoms with E-state index in [0.29, 0.717) is 34.0 Å². The molecule has 4 rings (SSSR count). The molecule has 2 heterocycles. The van der Waals surface area contributed by atoms with Crippen LogP contribution in [0.5, 0.6) is 5.75 Å². The van der Waals surface area contributed by atoms with Crippen molar-refractivity contribution in [2.75, 3.05) is 18.2 Å². The monoisotopic (exact) mass is 554 g/mol. The minimum absolute atomic E-state index is 0.112. The number of fused-ring (bicyclic) bond motifs is 1. The largest absolute Gasteiger partial charge is 0.482 e. The third-order valence-corrected chi connectivity index (χ3v) is 8.68. The predicted molar refractivity (Wildman–Crippen MR) is 151 cm³/mol. The van der Waals surface area contributed by atoms with Gasteiger partial charge in [-0.2, -0.15) is 0 Å². The molecule has 1 amide bonds. The molecule has 0 bridgehead atoms. The molecule has 38 heavy (non-hydrogen) atoms. The molecule has 2 aromatic heterocycles. The molecule has 1 aliphatic rings. The van der Waals surface area contributed by atoms with Crippen molar-refractivity contribution < 1.29 is 19.1 Å². The minimum Gasteiger partial charge on any atom is -0.482 e. The number of esters is 1. The molecule has 10 heteroatoms. The Bertz CT molecular complexity index is 1350. The summed E-state index contributed by atoms with van der Waals surface area (Å²) in [7, 11) is 1.37. The second-order valence-electron chi connectivity index (χ2n) is 9.65. The zero-order chi connectivity index (χ0) is 27.4. The average Bonchev–Trinajstić information content (AvgIpc) is 3.44. The van der Waals surface area contributed by atoms with E-state index in [1.165, 1.54) is 35.8 Å². The van der Waals surface area contributed by atoms with Gasteiger partial charge in [-0.15, -0.1) is 28.1 Å². The summed E-state index contributed by atoms with van der Waals surface area (Å²) in [6.07, 6.45) is 4.15. The Morgan fingerprint density at radius 1 is 1.34 bits per heavy atom. The Kier molecular flexibility index (Phi) is 8.94. The van der Waals surface area contributed by atoms with E-state index < -0.39 is 5.97 Å². The van der Waals surface area contributed by atoms with Crippen molar-refractivity contribution in [3.8, 4) is 5.75 Å². The van der Waals surface area contributed by atoms with Crippen LogP contribution < -0.4 is 10.1 Å². The summed E-state index contributed by atoms with van der Waals surface area (Å²) >= 11 is 2.76.